The van der Waals surface area contributed by atoms with Crippen molar-refractivity contribution in [1.29, 1.82) is 0 Å². The highest BCUT2D eigenvalue weighted by molar-refractivity contribution is 7.99. The Balaban J connectivity index is 0. The van der Waals surface area contributed by atoms with Crippen LogP contribution < -0.4 is 4.31 Å². The summed E-state index contributed by atoms with van der Waals surface area (Å²) in [6.45, 7) is 7.08. The van der Waals surface area contributed by atoms with Crippen LogP contribution in [0.5, 0.6) is 0 Å². The second-order valence-corrected chi connectivity index (χ2v) is 4.32. The van der Waals surface area contributed by atoms with Gasteiger partial charge in [0.15, 0.2) is 6.29 Å². The van der Waals surface area contributed by atoms with Gasteiger partial charge in [0.2, 0.25) is 0 Å². The number of halogens is 1. The van der Waals surface area contributed by atoms with Crippen LogP contribution in [-0.2, 0) is 0 Å². The van der Waals surface area contributed by atoms with E-state index in [4.69, 9.17) is 16.7 Å². The summed E-state index contributed by atoms with van der Waals surface area (Å²) in [4.78, 5) is 10.7. The number of rotatable bonds is 5. The Morgan fingerprint density at radius 1 is 1.37 bits per heavy atom. The predicted molar refractivity (Wildman–Crippen MR) is 87.5 cm³/mol. The van der Waals surface area contributed by atoms with E-state index < -0.39 is 0 Å². The third-order valence-corrected chi connectivity index (χ3v) is 3.22. The van der Waals surface area contributed by atoms with Crippen molar-refractivity contribution in [2.24, 2.45) is 0 Å². The molecule has 110 valence electrons. The fourth-order valence-corrected chi connectivity index (χ4v) is 2.16. The fraction of sp³-hybridized carbons (Fsp3) is 0.500. The van der Waals surface area contributed by atoms with Crippen LogP contribution in [-0.4, -0.2) is 31.3 Å². The van der Waals surface area contributed by atoms with Crippen molar-refractivity contribution in [3.8, 4) is 0 Å². The van der Waals surface area contributed by atoms with Gasteiger partial charge in [-0.2, -0.15) is 0 Å². The SMILES string of the molecule is CC.CCCN(SC)c1ccc(Cl)c(C=O)c1.CO. The van der Waals surface area contributed by atoms with Gasteiger partial charge >= 0.3 is 0 Å². The first-order valence-electron chi connectivity index (χ1n) is 6.24. The van der Waals surface area contributed by atoms with Crippen molar-refractivity contribution in [2.45, 2.75) is 27.2 Å². The highest BCUT2D eigenvalue weighted by Crippen LogP contribution is 2.25. The lowest BCUT2D eigenvalue weighted by Gasteiger charge is -2.21. The quantitative estimate of drug-likeness (QED) is 0.651. The van der Waals surface area contributed by atoms with Gasteiger partial charge in [-0.1, -0.05) is 44.3 Å². The average molecular weight is 306 g/mol. The number of nitrogens with zero attached hydrogens (tertiary/aromatic N) is 1. The smallest absolute Gasteiger partial charge is 0.151 e. The van der Waals surface area contributed by atoms with Crippen LogP contribution in [0.2, 0.25) is 5.02 Å². The average Bonchev–Trinajstić information content (AvgIpc) is 2.49. The summed E-state index contributed by atoms with van der Waals surface area (Å²) >= 11 is 7.51. The molecule has 0 aromatic heterocycles. The molecule has 0 aliphatic rings. The molecule has 5 heteroatoms. The van der Waals surface area contributed by atoms with Crippen molar-refractivity contribution < 1.29 is 9.90 Å². The van der Waals surface area contributed by atoms with E-state index in [1.54, 1.807) is 18.0 Å². The highest BCUT2D eigenvalue weighted by Gasteiger charge is 2.06. The van der Waals surface area contributed by atoms with Crippen LogP contribution >= 0.6 is 23.5 Å². The molecule has 0 atom stereocenters. The minimum atomic E-state index is 0.506. The maximum absolute atomic E-state index is 10.7. The topological polar surface area (TPSA) is 40.5 Å². The number of aliphatic hydroxyl groups excluding tert-OH is 1. The van der Waals surface area contributed by atoms with E-state index in [1.165, 1.54) is 0 Å². The van der Waals surface area contributed by atoms with Crippen LogP contribution in [0.25, 0.3) is 0 Å². The molecular formula is C14H24ClNO2S. The number of hydrogen-bond acceptors (Lipinski definition) is 4. The van der Waals surface area contributed by atoms with Gasteiger partial charge in [0.05, 0.1) is 5.02 Å². The Morgan fingerprint density at radius 3 is 2.37 bits per heavy atom. The van der Waals surface area contributed by atoms with E-state index in [2.05, 4.69) is 11.2 Å². The minimum Gasteiger partial charge on any atom is -0.400 e. The summed E-state index contributed by atoms with van der Waals surface area (Å²) in [5.41, 5.74) is 1.57. The molecule has 1 N–H and O–H groups in total. The predicted octanol–water partition coefficient (Wildman–Crippen LogP) is 4.28. The molecular weight excluding hydrogens is 282 g/mol. The van der Waals surface area contributed by atoms with Gasteiger partial charge in [-0.25, -0.2) is 0 Å². The van der Waals surface area contributed by atoms with E-state index >= 15 is 0 Å². The molecule has 3 nitrogen and oxygen atoms in total. The molecule has 1 aromatic rings. The standard InChI is InChI=1S/C11H14ClNOS.C2H6.CH4O/c1-3-6-13(15-2)10-4-5-11(12)9(7-10)8-14;2*1-2/h4-5,7-8H,3,6H2,1-2H3;1-2H3;2H,1H3. The maximum atomic E-state index is 10.7. The van der Waals surface area contributed by atoms with E-state index in [0.717, 1.165) is 32.0 Å². The zero-order chi connectivity index (χ0) is 15.3. The Kier molecular flexibility index (Phi) is 14.9. The van der Waals surface area contributed by atoms with Gasteiger partial charge in [0.25, 0.3) is 0 Å². The number of benzene rings is 1. The first kappa shape index (κ1) is 20.6. The normalized spacial score (nSPS) is 8.58. The summed E-state index contributed by atoms with van der Waals surface area (Å²) in [5, 5.41) is 7.51. The van der Waals surface area contributed by atoms with Crippen molar-refractivity contribution >= 4 is 35.5 Å². The van der Waals surface area contributed by atoms with Gasteiger partial charge in [-0.3, -0.25) is 4.79 Å². The van der Waals surface area contributed by atoms with Crippen LogP contribution in [0.4, 0.5) is 5.69 Å². The van der Waals surface area contributed by atoms with E-state index in [1.807, 2.05) is 32.2 Å². The van der Waals surface area contributed by atoms with Crippen molar-refractivity contribution in [2.75, 3.05) is 24.2 Å². The van der Waals surface area contributed by atoms with Gasteiger partial charge < -0.3 is 9.41 Å². The molecule has 0 heterocycles. The summed E-state index contributed by atoms with van der Waals surface area (Å²) in [5.74, 6) is 0. The molecule has 0 unspecified atom stereocenters. The second-order valence-electron chi connectivity index (χ2n) is 3.11. The van der Waals surface area contributed by atoms with Crippen molar-refractivity contribution in [1.82, 2.24) is 0 Å². The monoisotopic (exact) mass is 305 g/mol. The Morgan fingerprint density at radius 2 is 1.95 bits per heavy atom. The molecule has 1 aromatic carbocycles. The Labute approximate surface area is 126 Å². The molecule has 0 fully saturated rings. The lowest BCUT2D eigenvalue weighted by molar-refractivity contribution is 0.112. The zero-order valence-electron chi connectivity index (χ0n) is 12.3. The third kappa shape index (κ3) is 7.45. The number of anilines is 1. The lowest BCUT2D eigenvalue weighted by atomic mass is 10.2. The van der Waals surface area contributed by atoms with E-state index in [0.29, 0.717) is 10.6 Å². The summed E-state index contributed by atoms with van der Waals surface area (Å²) < 4.78 is 2.14. The molecule has 19 heavy (non-hydrogen) atoms. The fourth-order valence-electron chi connectivity index (χ4n) is 1.31. The van der Waals surface area contributed by atoms with E-state index in [-0.39, 0.29) is 0 Å². The molecule has 0 amide bonds. The molecule has 0 aliphatic heterocycles. The molecule has 0 bridgehead atoms. The van der Waals surface area contributed by atoms with Gasteiger partial charge in [-0.15, -0.1) is 0 Å². The van der Waals surface area contributed by atoms with Crippen LogP contribution in [0.15, 0.2) is 18.2 Å². The summed E-state index contributed by atoms with van der Waals surface area (Å²) in [6, 6.07) is 5.52. The summed E-state index contributed by atoms with van der Waals surface area (Å²) in [6.07, 6.45) is 3.88. The Bertz CT molecular complexity index is 348. The molecule has 0 aliphatic carbocycles. The first-order chi connectivity index (χ1) is 9.22. The molecule has 0 spiro atoms. The summed E-state index contributed by atoms with van der Waals surface area (Å²) in [7, 11) is 1.00. The maximum Gasteiger partial charge on any atom is 0.151 e. The third-order valence-electron chi connectivity index (χ3n) is 2.04. The number of aldehydes is 1. The lowest BCUT2D eigenvalue weighted by Crippen LogP contribution is -2.14. The van der Waals surface area contributed by atoms with E-state index in [9.17, 15) is 4.79 Å². The van der Waals surface area contributed by atoms with Gasteiger partial charge in [-0.05, 0) is 24.6 Å². The number of aliphatic hydroxyl groups is 1. The number of carbonyl (C=O) groups is 1. The minimum absolute atomic E-state index is 0.506. The van der Waals surface area contributed by atoms with Crippen molar-refractivity contribution in [3.63, 3.8) is 0 Å². The number of carbonyl (C=O) groups excluding carboxylic acids is 1. The molecule has 0 saturated heterocycles. The molecule has 0 saturated carbocycles. The Hall–Kier alpha value is -0.710. The largest absolute Gasteiger partial charge is 0.400 e. The van der Waals surface area contributed by atoms with Crippen molar-refractivity contribution in [3.05, 3.63) is 28.8 Å². The molecule has 1 rings (SSSR count). The highest BCUT2D eigenvalue weighted by atomic mass is 35.5. The molecule has 0 radical (unpaired) electrons. The first-order valence-corrected chi connectivity index (χ1v) is 7.80. The second kappa shape index (κ2) is 13.7. The van der Waals surface area contributed by atoms with Crippen LogP contribution in [0.3, 0.4) is 0 Å². The van der Waals surface area contributed by atoms with Gasteiger partial charge in [0, 0.05) is 31.2 Å². The van der Waals surface area contributed by atoms with Crippen LogP contribution in [0, 0.1) is 0 Å². The van der Waals surface area contributed by atoms with Gasteiger partial charge in [0.1, 0.15) is 0 Å². The van der Waals surface area contributed by atoms with Crippen LogP contribution in [0.1, 0.15) is 37.6 Å². The number of hydrogen-bond donors (Lipinski definition) is 1. The zero-order valence-corrected chi connectivity index (χ0v) is 13.9.